The highest BCUT2D eigenvalue weighted by atomic mass is 16.3. The first-order chi connectivity index (χ1) is 14.9. The summed E-state index contributed by atoms with van der Waals surface area (Å²) in [5.41, 5.74) is 7.09. The Morgan fingerprint density at radius 3 is 2.42 bits per heavy atom. The second-order valence-corrected chi connectivity index (χ2v) is 7.30. The molecule has 0 unspecified atom stereocenters. The summed E-state index contributed by atoms with van der Waals surface area (Å²) in [6, 6.07) is 18.7. The van der Waals surface area contributed by atoms with Crippen molar-refractivity contribution >= 4 is 23.6 Å². The lowest BCUT2D eigenvalue weighted by Gasteiger charge is -2.14. The molecule has 0 aromatic heterocycles. The van der Waals surface area contributed by atoms with Gasteiger partial charge in [0.25, 0.3) is 5.91 Å². The lowest BCUT2D eigenvalue weighted by atomic mass is 9.93. The number of benzene rings is 3. The van der Waals surface area contributed by atoms with Crippen LogP contribution < -0.4 is 10.6 Å². The van der Waals surface area contributed by atoms with Crippen LogP contribution in [0.1, 0.15) is 32.6 Å². The van der Waals surface area contributed by atoms with E-state index in [0.717, 1.165) is 33.4 Å². The lowest BCUT2D eigenvalue weighted by Crippen LogP contribution is -2.17. The smallest absolute Gasteiger partial charge is 0.251 e. The number of aryl methyl sites for hydroxylation is 1. The van der Waals surface area contributed by atoms with Gasteiger partial charge in [-0.05, 0) is 77.6 Å². The fraction of sp³-hybridized carbons (Fsp3) is 0.154. The minimum absolute atomic E-state index is 0.00315. The summed E-state index contributed by atoms with van der Waals surface area (Å²) in [7, 11) is 1.58. The molecule has 0 radical (unpaired) electrons. The summed E-state index contributed by atoms with van der Waals surface area (Å²) in [4.78, 5) is 24.0. The van der Waals surface area contributed by atoms with Crippen molar-refractivity contribution in [2.24, 2.45) is 0 Å². The van der Waals surface area contributed by atoms with Crippen LogP contribution in [0.15, 0.2) is 66.7 Å². The second kappa shape index (κ2) is 9.87. The Balaban J connectivity index is 1.73. The van der Waals surface area contributed by atoms with E-state index in [1.807, 2.05) is 50.2 Å². The Morgan fingerprint density at radius 2 is 1.74 bits per heavy atom. The van der Waals surface area contributed by atoms with Gasteiger partial charge in [-0.2, -0.15) is 0 Å². The maximum absolute atomic E-state index is 12.4. The van der Waals surface area contributed by atoms with Crippen LogP contribution in [0.5, 0.6) is 0 Å². The monoisotopic (exact) mass is 414 g/mol. The molecule has 31 heavy (non-hydrogen) atoms. The maximum atomic E-state index is 12.4. The summed E-state index contributed by atoms with van der Waals surface area (Å²) >= 11 is 0. The molecule has 0 fully saturated rings. The van der Waals surface area contributed by atoms with Crippen LogP contribution in [0.3, 0.4) is 0 Å². The van der Waals surface area contributed by atoms with Crippen molar-refractivity contribution in [1.82, 2.24) is 5.32 Å². The van der Waals surface area contributed by atoms with Crippen LogP contribution in [-0.2, 0) is 11.4 Å². The van der Waals surface area contributed by atoms with E-state index in [9.17, 15) is 14.7 Å². The van der Waals surface area contributed by atoms with Crippen molar-refractivity contribution in [3.63, 3.8) is 0 Å². The van der Waals surface area contributed by atoms with Crippen LogP contribution in [0.25, 0.3) is 17.2 Å². The zero-order valence-corrected chi connectivity index (χ0v) is 17.9. The molecular formula is C26H26N2O3. The highest BCUT2D eigenvalue weighted by Crippen LogP contribution is 2.29. The third-order valence-electron chi connectivity index (χ3n) is 5.26. The highest BCUT2D eigenvalue weighted by Gasteiger charge is 2.09. The van der Waals surface area contributed by atoms with E-state index < -0.39 is 0 Å². The van der Waals surface area contributed by atoms with Gasteiger partial charge >= 0.3 is 0 Å². The van der Waals surface area contributed by atoms with E-state index in [4.69, 9.17) is 0 Å². The van der Waals surface area contributed by atoms with E-state index in [2.05, 4.69) is 10.6 Å². The zero-order valence-electron chi connectivity index (χ0n) is 17.9. The third kappa shape index (κ3) is 5.27. The molecule has 3 aromatic rings. The van der Waals surface area contributed by atoms with Crippen molar-refractivity contribution < 1.29 is 14.7 Å². The van der Waals surface area contributed by atoms with Crippen LogP contribution in [0, 0.1) is 13.8 Å². The van der Waals surface area contributed by atoms with E-state index >= 15 is 0 Å². The average molecular weight is 415 g/mol. The van der Waals surface area contributed by atoms with Crippen LogP contribution in [-0.4, -0.2) is 24.0 Å². The van der Waals surface area contributed by atoms with Gasteiger partial charge < -0.3 is 15.7 Å². The number of aliphatic hydroxyl groups excluding tert-OH is 1. The van der Waals surface area contributed by atoms with Gasteiger partial charge in [0.2, 0.25) is 5.91 Å². The van der Waals surface area contributed by atoms with Crippen LogP contribution >= 0.6 is 0 Å². The highest BCUT2D eigenvalue weighted by molar-refractivity contribution is 6.02. The summed E-state index contributed by atoms with van der Waals surface area (Å²) in [5, 5.41) is 15.1. The van der Waals surface area contributed by atoms with Gasteiger partial charge in [0, 0.05) is 24.4 Å². The SMILES string of the molecule is CNC(=O)c1ccc(C=CC(=O)Nc2cccc(-c3ccc(C)c(CO)c3C)c2)cc1. The van der Waals surface area contributed by atoms with E-state index in [1.165, 1.54) is 6.08 Å². The average Bonchev–Trinajstić information content (AvgIpc) is 2.78. The molecule has 0 atom stereocenters. The summed E-state index contributed by atoms with van der Waals surface area (Å²) in [6.07, 6.45) is 3.16. The van der Waals surface area contributed by atoms with Crippen molar-refractivity contribution in [2.45, 2.75) is 20.5 Å². The molecule has 5 heteroatoms. The molecule has 0 saturated carbocycles. The first kappa shape index (κ1) is 22.0. The Kier molecular flexibility index (Phi) is 7.00. The first-order valence-electron chi connectivity index (χ1n) is 10.0. The van der Waals surface area contributed by atoms with Crippen molar-refractivity contribution in [3.05, 3.63) is 94.6 Å². The molecule has 0 heterocycles. The normalized spacial score (nSPS) is 10.8. The summed E-state index contributed by atoms with van der Waals surface area (Å²) in [5.74, 6) is -0.396. The fourth-order valence-electron chi connectivity index (χ4n) is 3.46. The predicted octanol–water partition coefficient (Wildman–Crippen LogP) is 4.47. The number of amides is 2. The Morgan fingerprint density at radius 1 is 1.00 bits per heavy atom. The molecule has 0 aliphatic rings. The quantitative estimate of drug-likeness (QED) is 0.521. The number of hydrogen-bond donors (Lipinski definition) is 3. The molecular weight excluding hydrogens is 388 g/mol. The third-order valence-corrected chi connectivity index (χ3v) is 5.26. The Labute approximate surface area is 182 Å². The van der Waals surface area contributed by atoms with Gasteiger partial charge in [0.05, 0.1) is 6.61 Å². The molecule has 0 aliphatic carbocycles. The van der Waals surface area contributed by atoms with E-state index in [0.29, 0.717) is 11.3 Å². The Hall–Kier alpha value is -3.70. The minimum atomic E-state index is -0.246. The second-order valence-electron chi connectivity index (χ2n) is 7.30. The predicted molar refractivity (Wildman–Crippen MR) is 125 cm³/mol. The Bertz CT molecular complexity index is 1130. The molecule has 158 valence electrons. The number of nitrogens with one attached hydrogen (secondary N) is 2. The molecule has 0 aliphatic heterocycles. The number of anilines is 1. The number of carbonyl (C=O) groups excluding carboxylic acids is 2. The molecule has 3 N–H and O–H groups in total. The number of carbonyl (C=O) groups is 2. The van der Waals surface area contributed by atoms with Crippen molar-refractivity contribution in [3.8, 4) is 11.1 Å². The van der Waals surface area contributed by atoms with E-state index in [-0.39, 0.29) is 18.4 Å². The van der Waals surface area contributed by atoms with Gasteiger partial charge in [-0.3, -0.25) is 9.59 Å². The molecule has 0 spiro atoms. The van der Waals surface area contributed by atoms with Crippen molar-refractivity contribution in [2.75, 3.05) is 12.4 Å². The van der Waals surface area contributed by atoms with Crippen LogP contribution in [0.4, 0.5) is 5.69 Å². The molecule has 3 rings (SSSR count). The zero-order chi connectivity index (χ0) is 22.4. The summed E-state index contributed by atoms with van der Waals surface area (Å²) in [6.45, 7) is 3.98. The molecule has 5 nitrogen and oxygen atoms in total. The topological polar surface area (TPSA) is 78.4 Å². The molecule has 0 bridgehead atoms. The molecule has 0 saturated heterocycles. The standard InChI is InChI=1S/C26H26N2O3/c1-17-7-13-23(18(2)24(17)16-29)21-5-4-6-22(15-21)28-25(30)14-10-19-8-11-20(12-9-19)26(31)27-3/h4-15,29H,16H2,1-3H3,(H,27,31)(H,28,30). The fourth-order valence-corrected chi connectivity index (χ4v) is 3.46. The molecule has 2 amide bonds. The van der Waals surface area contributed by atoms with E-state index in [1.54, 1.807) is 37.4 Å². The van der Waals surface area contributed by atoms with Gasteiger partial charge in [-0.25, -0.2) is 0 Å². The van der Waals surface area contributed by atoms with Gasteiger partial charge in [-0.1, -0.05) is 36.4 Å². The largest absolute Gasteiger partial charge is 0.392 e. The van der Waals surface area contributed by atoms with Crippen molar-refractivity contribution in [1.29, 1.82) is 0 Å². The van der Waals surface area contributed by atoms with Gasteiger partial charge in [0.15, 0.2) is 0 Å². The summed E-state index contributed by atoms with van der Waals surface area (Å²) < 4.78 is 0. The lowest BCUT2D eigenvalue weighted by molar-refractivity contribution is -0.111. The number of aliphatic hydroxyl groups is 1. The van der Waals surface area contributed by atoms with Gasteiger partial charge in [-0.15, -0.1) is 0 Å². The maximum Gasteiger partial charge on any atom is 0.251 e. The number of rotatable bonds is 6. The number of hydrogen-bond acceptors (Lipinski definition) is 3. The van der Waals surface area contributed by atoms with Crippen LogP contribution in [0.2, 0.25) is 0 Å². The van der Waals surface area contributed by atoms with Gasteiger partial charge in [0.1, 0.15) is 0 Å². The minimum Gasteiger partial charge on any atom is -0.392 e. The first-order valence-corrected chi connectivity index (χ1v) is 10.0. The molecule has 3 aromatic carbocycles.